The summed E-state index contributed by atoms with van der Waals surface area (Å²) in [6.45, 7) is 4.26. The summed E-state index contributed by atoms with van der Waals surface area (Å²) in [6.07, 6.45) is 3.57. The van der Waals surface area contributed by atoms with Crippen molar-refractivity contribution in [2.45, 2.75) is 44.8 Å². The highest BCUT2D eigenvalue weighted by Crippen LogP contribution is 2.21. The highest BCUT2D eigenvalue weighted by molar-refractivity contribution is 9.10. The fraction of sp³-hybridized carbons (Fsp3) is 0.632. The van der Waals surface area contributed by atoms with E-state index in [4.69, 9.17) is 4.74 Å². The van der Waals surface area contributed by atoms with Gasteiger partial charge in [0.05, 0.1) is 19.2 Å². The highest BCUT2D eigenvalue weighted by Gasteiger charge is 2.29. The SMILES string of the molecule is CCC(O)C1CCCCN1CC(=O)N(C)CCOc1ccc(Br)cc1. The van der Waals surface area contributed by atoms with Crippen LogP contribution in [0.1, 0.15) is 32.6 Å². The third-order valence-corrected chi connectivity index (χ3v) is 5.33. The molecular weight excluding hydrogens is 384 g/mol. The number of benzene rings is 1. The van der Waals surface area contributed by atoms with E-state index in [-0.39, 0.29) is 18.1 Å². The first-order valence-corrected chi connectivity index (χ1v) is 9.85. The normalized spacial score (nSPS) is 19.4. The van der Waals surface area contributed by atoms with Crippen LogP contribution in [0, 0.1) is 0 Å². The number of aliphatic hydroxyl groups is 1. The molecule has 2 atom stereocenters. The van der Waals surface area contributed by atoms with Crippen molar-refractivity contribution in [3.63, 3.8) is 0 Å². The van der Waals surface area contributed by atoms with Crippen LogP contribution in [-0.2, 0) is 4.79 Å². The standard InChI is InChI=1S/C19H29BrN2O3/c1-3-18(23)17-6-4-5-11-22(17)14-19(24)21(2)12-13-25-16-9-7-15(20)8-10-16/h7-10,17-18,23H,3-6,11-14H2,1-2H3. The third-order valence-electron chi connectivity index (χ3n) is 4.80. The lowest BCUT2D eigenvalue weighted by Crippen LogP contribution is -2.50. The van der Waals surface area contributed by atoms with Gasteiger partial charge in [-0.3, -0.25) is 9.69 Å². The molecule has 1 fully saturated rings. The van der Waals surface area contributed by atoms with Crippen molar-refractivity contribution in [2.75, 3.05) is 33.3 Å². The van der Waals surface area contributed by atoms with Gasteiger partial charge in [-0.1, -0.05) is 29.3 Å². The summed E-state index contributed by atoms with van der Waals surface area (Å²) in [5.74, 6) is 0.876. The summed E-state index contributed by atoms with van der Waals surface area (Å²) >= 11 is 3.39. The summed E-state index contributed by atoms with van der Waals surface area (Å²) in [4.78, 5) is 16.4. The molecule has 1 aliphatic heterocycles. The number of aliphatic hydroxyl groups excluding tert-OH is 1. The Labute approximate surface area is 159 Å². The third kappa shape index (κ3) is 6.28. The molecule has 0 bridgehead atoms. The number of halogens is 1. The Morgan fingerprint density at radius 1 is 1.40 bits per heavy atom. The number of nitrogens with zero attached hydrogens (tertiary/aromatic N) is 2. The quantitative estimate of drug-likeness (QED) is 0.712. The van der Waals surface area contributed by atoms with Gasteiger partial charge in [0.15, 0.2) is 0 Å². The number of ether oxygens (including phenoxy) is 1. The Morgan fingerprint density at radius 3 is 2.80 bits per heavy atom. The van der Waals surface area contributed by atoms with Gasteiger partial charge in [0.1, 0.15) is 12.4 Å². The number of likely N-dealkylation sites (N-methyl/N-ethyl adjacent to an activating group) is 1. The van der Waals surface area contributed by atoms with E-state index in [1.807, 2.05) is 38.2 Å². The Balaban J connectivity index is 1.77. The van der Waals surface area contributed by atoms with Gasteiger partial charge in [0.2, 0.25) is 5.91 Å². The second kappa shape index (κ2) is 10.1. The van der Waals surface area contributed by atoms with E-state index < -0.39 is 0 Å². The number of amides is 1. The second-order valence-corrected chi connectivity index (χ2v) is 7.54. The Hall–Kier alpha value is -1.11. The van der Waals surface area contributed by atoms with Crippen LogP contribution in [0.5, 0.6) is 5.75 Å². The summed E-state index contributed by atoms with van der Waals surface area (Å²) in [7, 11) is 1.81. The van der Waals surface area contributed by atoms with Crippen molar-refractivity contribution in [1.82, 2.24) is 9.80 Å². The summed E-state index contributed by atoms with van der Waals surface area (Å²) in [6, 6.07) is 7.77. The maximum absolute atomic E-state index is 12.5. The number of rotatable bonds is 8. The Bertz CT molecular complexity index is 538. The second-order valence-electron chi connectivity index (χ2n) is 6.63. The van der Waals surface area contributed by atoms with E-state index in [0.717, 1.165) is 42.5 Å². The molecule has 2 rings (SSSR count). The smallest absolute Gasteiger partial charge is 0.236 e. The van der Waals surface area contributed by atoms with Gasteiger partial charge in [-0.2, -0.15) is 0 Å². The van der Waals surface area contributed by atoms with Crippen LogP contribution in [0.25, 0.3) is 0 Å². The first kappa shape index (κ1) is 20.2. The number of piperidine rings is 1. The van der Waals surface area contributed by atoms with Gasteiger partial charge in [0.25, 0.3) is 0 Å². The maximum Gasteiger partial charge on any atom is 0.236 e. The van der Waals surface area contributed by atoms with E-state index >= 15 is 0 Å². The lowest BCUT2D eigenvalue weighted by Gasteiger charge is -2.38. The molecule has 0 aromatic heterocycles. The predicted octanol–water partition coefficient (Wildman–Crippen LogP) is 2.91. The molecule has 5 nitrogen and oxygen atoms in total. The zero-order valence-electron chi connectivity index (χ0n) is 15.2. The largest absolute Gasteiger partial charge is 0.492 e. The van der Waals surface area contributed by atoms with Crippen molar-refractivity contribution in [3.8, 4) is 5.75 Å². The van der Waals surface area contributed by atoms with E-state index in [2.05, 4.69) is 20.8 Å². The molecule has 1 saturated heterocycles. The minimum absolute atomic E-state index is 0.0783. The molecule has 0 radical (unpaired) electrons. The van der Waals surface area contributed by atoms with Crippen molar-refractivity contribution in [3.05, 3.63) is 28.7 Å². The van der Waals surface area contributed by atoms with Gasteiger partial charge >= 0.3 is 0 Å². The minimum atomic E-state index is -0.348. The van der Waals surface area contributed by atoms with Crippen molar-refractivity contribution < 1.29 is 14.6 Å². The van der Waals surface area contributed by atoms with Gasteiger partial charge in [-0.25, -0.2) is 0 Å². The molecule has 1 N–H and O–H groups in total. The molecule has 1 aromatic carbocycles. The zero-order valence-corrected chi connectivity index (χ0v) is 16.7. The molecule has 25 heavy (non-hydrogen) atoms. The average molecular weight is 413 g/mol. The first-order valence-electron chi connectivity index (χ1n) is 9.05. The minimum Gasteiger partial charge on any atom is -0.492 e. The topological polar surface area (TPSA) is 53.0 Å². The lowest BCUT2D eigenvalue weighted by atomic mass is 9.96. The predicted molar refractivity (Wildman–Crippen MR) is 103 cm³/mol. The molecule has 1 heterocycles. The molecule has 0 aliphatic carbocycles. The molecule has 1 amide bonds. The number of carbonyl (C=O) groups is 1. The first-order chi connectivity index (χ1) is 12.0. The van der Waals surface area contributed by atoms with Crippen LogP contribution in [-0.4, -0.2) is 66.2 Å². The van der Waals surface area contributed by atoms with Crippen LogP contribution < -0.4 is 4.74 Å². The van der Waals surface area contributed by atoms with Crippen molar-refractivity contribution in [2.24, 2.45) is 0 Å². The van der Waals surface area contributed by atoms with Crippen LogP contribution in [0.3, 0.4) is 0 Å². The van der Waals surface area contributed by atoms with E-state index in [1.54, 1.807) is 4.90 Å². The number of likely N-dealkylation sites (tertiary alicyclic amines) is 1. The lowest BCUT2D eigenvalue weighted by molar-refractivity contribution is -0.133. The summed E-state index contributed by atoms with van der Waals surface area (Å²) in [5, 5.41) is 10.2. The van der Waals surface area contributed by atoms with Crippen molar-refractivity contribution >= 4 is 21.8 Å². The summed E-state index contributed by atoms with van der Waals surface area (Å²) < 4.78 is 6.69. The molecule has 140 valence electrons. The highest BCUT2D eigenvalue weighted by atomic mass is 79.9. The monoisotopic (exact) mass is 412 g/mol. The van der Waals surface area contributed by atoms with Crippen LogP contribution >= 0.6 is 15.9 Å². The molecule has 1 aromatic rings. The molecule has 0 spiro atoms. The summed E-state index contributed by atoms with van der Waals surface area (Å²) in [5.41, 5.74) is 0. The van der Waals surface area contributed by atoms with Gasteiger partial charge in [-0.05, 0) is 50.1 Å². The average Bonchev–Trinajstić information content (AvgIpc) is 2.63. The van der Waals surface area contributed by atoms with Crippen LogP contribution in [0.2, 0.25) is 0 Å². The van der Waals surface area contributed by atoms with Gasteiger partial charge < -0.3 is 14.7 Å². The van der Waals surface area contributed by atoms with Crippen LogP contribution in [0.4, 0.5) is 0 Å². The fourth-order valence-electron chi connectivity index (χ4n) is 3.17. The Kier molecular flexibility index (Phi) is 8.19. The number of hydrogen-bond donors (Lipinski definition) is 1. The zero-order chi connectivity index (χ0) is 18.2. The molecule has 0 saturated carbocycles. The van der Waals surface area contributed by atoms with E-state index in [0.29, 0.717) is 19.7 Å². The van der Waals surface area contributed by atoms with E-state index in [9.17, 15) is 9.90 Å². The van der Waals surface area contributed by atoms with Gasteiger partial charge in [0, 0.05) is 17.6 Å². The van der Waals surface area contributed by atoms with Gasteiger partial charge in [-0.15, -0.1) is 0 Å². The fourth-order valence-corrected chi connectivity index (χ4v) is 3.44. The maximum atomic E-state index is 12.5. The Morgan fingerprint density at radius 2 is 2.12 bits per heavy atom. The van der Waals surface area contributed by atoms with Crippen LogP contribution in [0.15, 0.2) is 28.7 Å². The van der Waals surface area contributed by atoms with Crippen molar-refractivity contribution in [1.29, 1.82) is 0 Å². The molecule has 2 unspecified atom stereocenters. The molecular formula is C19H29BrN2O3. The number of carbonyl (C=O) groups excluding carboxylic acids is 1. The number of hydrogen-bond acceptors (Lipinski definition) is 4. The molecule has 1 aliphatic rings. The molecule has 6 heteroatoms. The van der Waals surface area contributed by atoms with E-state index in [1.165, 1.54) is 0 Å².